The number of aliphatic hydroxyl groups is 1. The summed E-state index contributed by atoms with van der Waals surface area (Å²) in [6.45, 7) is 9.61. The maximum absolute atomic E-state index is 13.2. The molecular weight excluding hydrogens is 385 g/mol. The molecular formula is C28H42FNO. The maximum Gasteiger partial charge on any atom is 0.123 e. The summed E-state index contributed by atoms with van der Waals surface area (Å²) in [5.74, 6) is -0.225. The van der Waals surface area contributed by atoms with Crippen LogP contribution in [0.25, 0.3) is 11.1 Å². The highest BCUT2D eigenvalue weighted by atomic mass is 19.1. The molecule has 0 aliphatic heterocycles. The fourth-order valence-electron chi connectivity index (χ4n) is 4.04. The molecule has 2 aromatic carbocycles. The highest BCUT2D eigenvalue weighted by Gasteiger charge is 2.24. The van der Waals surface area contributed by atoms with Gasteiger partial charge in [-0.25, -0.2) is 4.39 Å². The first-order valence-electron chi connectivity index (χ1n) is 12.3. The highest BCUT2D eigenvalue weighted by molar-refractivity contribution is 5.63. The highest BCUT2D eigenvalue weighted by Crippen LogP contribution is 2.28. The lowest BCUT2D eigenvalue weighted by Crippen LogP contribution is -2.33. The van der Waals surface area contributed by atoms with Crippen LogP contribution in [0, 0.1) is 5.82 Å². The van der Waals surface area contributed by atoms with Gasteiger partial charge in [-0.1, -0.05) is 88.8 Å². The third kappa shape index (κ3) is 9.13. The number of hydrogen-bond donors (Lipinski definition) is 1. The van der Waals surface area contributed by atoms with Crippen molar-refractivity contribution in [3.63, 3.8) is 0 Å². The van der Waals surface area contributed by atoms with Crippen molar-refractivity contribution < 1.29 is 9.50 Å². The SMILES string of the molecule is CCCCCCN(CCCCCC)CCC(C)(O)c1ccc(-c2ccc(F)cc2)cc1. The predicted octanol–water partition coefficient (Wildman–Crippen LogP) is 7.55. The number of halogens is 1. The zero-order chi connectivity index (χ0) is 22.5. The molecule has 0 fully saturated rings. The second-order valence-corrected chi connectivity index (χ2v) is 9.07. The van der Waals surface area contributed by atoms with E-state index in [1.54, 1.807) is 12.1 Å². The summed E-state index contributed by atoms with van der Waals surface area (Å²) in [6.07, 6.45) is 10.9. The molecule has 0 radical (unpaired) electrons. The Morgan fingerprint density at radius 1 is 0.710 bits per heavy atom. The topological polar surface area (TPSA) is 23.5 Å². The van der Waals surface area contributed by atoms with Crippen molar-refractivity contribution in [3.8, 4) is 11.1 Å². The van der Waals surface area contributed by atoms with E-state index in [0.29, 0.717) is 0 Å². The van der Waals surface area contributed by atoms with Gasteiger partial charge in [0.05, 0.1) is 5.60 Å². The van der Waals surface area contributed by atoms with Gasteiger partial charge in [0.25, 0.3) is 0 Å². The minimum atomic E-state index is -0.855. The van der Waals surface area contributed by atoms with Crippen LogP contribution in [0.5, 0.6) is 0 Å². The van der Waals surface area contributed by atoms with Crippen LogP contribution in [0.2, 0.25) is 0 Å². The normalized spacial score (nSPS) is 13.5. The van der Waals surface area contributed by atoms with Crippen LogP contribution in [0.4, 0.5) is 4.39 Å². The molecule has 0 aliphatic rings. The van der Waals surface area contributed by atoms with Crippen LogP contribution in [-0.4, -0.2) is 29.6 Å². The molecule has 0 amide bonds. The van der Waals surface area contributed by atoms with Crippen LogP contribution in [-0.2, 0) is 5.60 Å². The van der Waals surface area contributed by atoms with E-state index in [1.165, 1.54) is 63.5 Å². The Bertz CT molecular complexity index is 712. The Balaban J connectivity index is 1.94. The fourth-order valence-corrected chi connectivity index (χ4v) is 4.04. The van der Waals surface area contributed by atoms with E-state index in [9.17, 15) is 9.50 Å². The fraction of sp³-hybridized carbons (Fsp3) is 0.571. The van der Waals surface area contributed by atoms with Gasteiger partial charge in [0.2, 0.25) is 0 Å². The Morgan fingerprint density at radius 2 is 1.19 bits per heavy atom. The molecule has 31 heavy (non-hydrogen) atoms. The molecule has 0 heterocycles. The van der Waals surface area contributed by atoms with Crippen molar-refractivity contribution >= 4 is 0 Å². The molecule has 1 N–H and O–H groups in total. The molecule has 0 aliphatic carbocycles. The standard InChI is InChI=1S/C28H42FNO/c1-4-6-8-10-21-30(22-11-9-7-5-2)23-20-28(3,31)26-16-12-24(13-17-26)25-14-18-27(29)19-15-25/h12-19,31H,4-11,20-23H2,1-3H3. The molecule has 0 spiro atoms. The minimum Gasteiger partial charge on any atom is -0.385 e. The first-order valence-corrected chi connectivity index (χ1v) is 12.3. The molecule has 172 valence electrons. The third-order valence-electron chi connectivity index (χ3n) is 6.25. The van der Waals surface area contributed by atoms with Gasteiger partial charge < -0.3 is 10.0 Å². The third-order valence-corrected chi connectivity index (χ3v) is 6.25. The van der Waals surface area contributed by atoms with E-state index in [-0.39, 0.29) is 5.82 Å². The van der Waals surface area contributed by atoms with E-state index < -0.39 is 5.60 Å². The van der Waals surface area contributed by atoms with Crippen molar-refractivity contribution in [1.29, 1.82) is 0 Å². The van der Waals surface area contributed by atoms with Crippen LogP contribution in [0.3, 0.4) is 0 Å². The monoisotopic (exact) mass is 427 g/mol. The lowest BCUT2D eigenvalue weighted by molar-refractivity contribution is 0.0354. The van der Waals surface area contributed by atoms with E-state index in [4.69, 9.17) is 0 Å². The second-order valence-electron chi connectivity index (χ2n) is 9.07. The van der Waals surface area contributed by atoms with Crippen molar-refractivity contribution in [2.75, 3.05) is 19.6 Å². The molecule has 0 bridgehead atoms. The number of unbranched alkanes of at least 4 members (excludes halogenated alkanes) is 6. The Kier molecular flexibility index (Phi) is 11.2. The molecule has 2 nitrogen and oxygen atoms in total. The Morgan fingerprint density at radius 3 is 1.68 bits per heavy atom. The van der Waals surface area contributed by atoms with E-state index in [2.05, 4.69) is 18.7 Å². The van der Waals surface area contributed by atoms with Crippen molar-refractivity contribution in [2.24, 2.45) is 0 Å². The maximum atomic E-state index is 13.2. The first-order chi connectivity index (χ1) is 15.0. The lowest BCUT2D eigenvalue weighted by atomic mass is 9.90. The van der Waals surface area contributed by atoms with Gasteiger partial charge in [0.1, 0.15) is 5.82 Å². The van der Waals surface area contributed by atoms with Gasteiger partial charge in [-0.2, -0.15) is 0 Å². The number of hydrogen-bond acceptors (Lipinski definition) is 2. The smallest absolute Gasteiger partial charge is 0.123 e. The van der Waals surface area contributed by atoms with E-state index in [0.717, 1.165) is 42.7 Å². The number of nitrogens with zero attached hydrogens (tertiary/aromatic N) is 1. The van der Waals surface area contributed by atoms with Gasteiger partial charge in [-0.05, 0) is 68.1 Å². The van der Waals surface area contributed by atoms with Crippen molar-refractivity contribution in [1.82, 2.24) is 4.90 Å². The van der Waals surface area contributed by atoms with Gasteiger partial charge in [0.15, 0.2) is 0 Å². The number of rotatable bonds is 15. The Labute approximate surface area is 189 Å². The molecule has 0 saturated carbocycles. The van der Waals surface area contributed by atoms with Gasteiger partial charge in [-0.3, -0.25) is 0 Å². The van der Waals surface area contributed by atoms with Crippen molar-refractivity contribution in [3.05, 3.63) is 59.9 Å². The van der Waals surface area contributed by atoms with E-state index >= 15 is 0 Å². The van der Waals surface area contributed by atoms with Crippen LogP contribution < -0.4 is 0 Å². The average molecular weight is 428 g/mol. The van der Waals surface area contributed by atoms with Crippen LogP contribution in [0.1, 0.15) is 84.1 Å². The summed E-state index contributed by atoms with van der Waals surface area (Å²) >= 11 is 0. The van der Waals surface area contributed by atoms with Crippen molar-refractivity contribution in [2.45, 2.75) is 84.2 Å². The second kappa shape index (κ2) is 13.6. The van der Waals surface area contributed by atoms with Gasteiger partial charge in [-0.15, -0.1) is 0 Å². The first kappa shape index (κ1) is 25.5. The lowest BCUT2D eigenvalue weighted by Gasteiger charge is -2.29. The summed E-state index contributed by atoms with van der Waals surface area (Å²) in [5, 5.41) is 11.2. The summed E-state index contributed by atoms with van der Waals surface area (Å²) in [6, 6.07) is 14.6. The Hall–Kier alpha value is -1.71. The van der Waals surface area contributed by atoms with Crippen LogP contribution >= 0.6 is 0 Å². The quantitative estimate of drug-likeness (QED) is 0.297. The molecule has 0 aromatic heterocycles. The summed E-state index contributed by atoms with van der Waals surface area (Å²) in [7, 11) is 0. The summed E-state index contributed by atoms with van der Waals surface area (Å²) in [4.78, 5) is 2.55. The summed E-state index contributed by atoms with van der Waals surface area (Å²) < 4.78 is 13.2. The molecule has 0 saturated heterocycles. The molecule has 2 aromatic rings. The zero-order valence-electron chi connectivity index (χ0n) is 19.9. The van der Waals surface area contributed by atoms with E-state index in [1.807, 2.05) is 31.2 Å². The van der Waals surface area contributed by atoms with Gasteiger partial charge >= 0.3 is 0 Å². The zero-order valence-corrected chi connectivity index (χ0v) is 19.9. The number of benzene rings is 2. The minimum absolute atomic E-state index is 0.225. The largest absolute Gasteiger partial charge is 0.385 e. The molecule has 1 unspecified atom stereocenters. The molecule has 3 heteroatoms. The molecule has 1 atom stereocenters. The van der Waals surface area contributed by atoms with Gasteiger partial charge in [0, 0.05) is 6.54 Å². The average Bonchev–Trinajstić information content (AvgIpc) is 2.78. The molecule has 2 rings (SSSR count). The summed E-state index contributed by atoms with van der Waals surface area (Å²) in [5.41, 5.74) is 2.10. The van der Waals surface area contributed by atoms with Crippen LogP contribution in [0.15, 0.2) is 48.5 Å². The predicted molar refractivity (Wildman–Crippen MR) is 131 cm³/mol.